The second-order valence-electron chi connectivity index (χ2n) is 5.31. The van der Waals surface area contributed by atoms with E-state index in [0.29, 0.717) is 19.5 Å². The first-order valence-corrected chi connectivity index (χ1v) is 8.58. The van der Waals surface area contributed by atoms with E-state index in [4.69, 9.17) is 0 Å². The fraction of sp³-hybridized carbons (Fsp3) is 0.571. The van der Waals surface area contributed by atoms with Crippen molar-refractivity contribution in [3.05, 3.63) is 20.8 Å². The molecule has 0 N–H and O–H groups in total. The summed E-state index contributed by atoms with van der Waals surface area (Å²) in [6.45, 7) is 1.90. The highest BCUT2D eigenvalue weighted by Gasteiger charge is 2.37. The molecular formula is C14H17BrN2O2S. The molecule has 3 rings (SSSR count). The lowest BCUT2D eigenvalue weighted by molar-refractivity contribution is -0.143. The number of hydrogen-bond acceptors (Lipinski definition) is 3. The molecule has 3 heterocycles. The molecule has 2 aliphatic rings. The number of hydrogen-bond donors (Lipinski definition) is 0. The molecule has 0 aliphatic carbocycles. The van der Waals surface area contributed by atoms with Gasteiger partial charge in [0, 0.05) is 24.4 Å². The summed E-state index contributed by atoms with van der Waals surface area (Å²) >= 11 is 5.09. The lowest BCUT2D eigenvalue weighted by Gasteiger charge is -2.34. The van der Waals surface area contributed by atoms with Crippen LogP contribution in [-0.2, 0) is 16.1 Å². The van der Waals surface area contributed by atoms with Gasteiger partial charge in [0.05, 0.1) is 10.3 Å². The van der Waals surface area contributed by atoms with E-state index in [1.165, 1.54) is 0 Å². The van der Waals surface area contributed by atoms with Gasteiger partial charge in [-0.1, -0.05) is 0 Å². The van der Waals surface area contributed by atoms with E-state index in [1.807, 2.05) is 17.0 Å². The van der Waals surface area contributed by atoms with Crippen LogP contribution in [0.1, 0.15) is 30.6 Å². The zero-order chi connectivity index (χ0) is 14.1. The lowest BCUT2D eigenvalue weighted by Crippen LogP contribution is -2.49. The Labute approximate surface area is 130 Å². The number of carbonyl (C=O) groups excluding carboxylic acids is 2. The number of halogens is 1. The van der Waals surface area contributed by atoms with Crippen LogP contribution in [0.15, 0.2) is 15.9 Å². The van der Waals surface area contributed by atoms with E-state index in [9.17, 15) is 9.59 Å². The number of rotatable bonds is 2. The predicted octanol–water partition coefficient (Wildman–Crippen LogP) is 2.62. The third kappa shape index (κ3) is 2.76. The zero-order valence-electron chi connectivity index (χ0n) is 11.2. The van der Waals surface area contributed by atoms with Crippen LogP contribution >= 0.6 is 27.3 Å². The third-order valence-corrected chi connectivity index (χ3v) is 5.60. The smallest absolute Gasteiger partial charge is 0.245 e. The minimum Gasteiger partial charge on any atom is -0.335 e. The van der Waals surface area contributed by atoms with Crippen LogP contribution in [0.5, 0.6) is 0 Å². The molecule has 0 saturated carbocycles. The van der Waals surface area contributed by atoms with Gasteiger partial charge in [-0.05, 0) is 47.3 Å². The molecule has 0 bridgehead atoms. The molecule has 20 heavy (non-hydrogen) atoms. The van der Waals surface area contributed by atoms with Gasteiger partial charge >= 0.3 is 0 Å². The first kappa shape index (κ1) is 14.1. The summed E-state index contributed by atoms with van der Waals surface area (Å²) in [5.41, 5.74) is 0. The van der Waals surface area contributed by atoms with Crippen LogP contribution in [0.4, 0.5) is 0 Å². The molecule has 108 valence electrons. The first-order chi connectivity index (χ1) is 9.65. The number of fused-ring (bicyclic) bond motifs is 1. The quantitative estimate of drug-likeness (QED) is 0.817. The van der Waals surface area contributed by atoms with Crippen molar-refractivity contribution in [1.29, 1.82) is 0 Å². The number of thiophene rings is 1. The molecule has 1 unspecified atom stereocenters. The van der Waals surface area contributed by atoms with Gasteiger partial charge in [0.15, 0.2) is 0 Å². The standard InChI is InChI=1S/C14H17BrN2O2S/c15-12-5-4-10(20-12)9-16-8-6-13(18)17-7-2-1-3-11(17)14(16)19/h4-5,11H,1-3,6-9H2. The fourth-order valence-electron chi connectivity index (χ4n) is 2.96. The molecule has 1 atom stereocenters. The van der Waals surface area contributed by atoms with Crippen LogP contribution in [-0.4, -0.2) is 40.7 Å². The van der Waals surface area contributed by atoms with Crippen LogP contribution < -0.4 is 0 Å². The highest BCUT2D eigenvalue weighted by molar-refractivity contribution is 9.11. The van der Waals surface area contributed by atoms with Gasteiger partial charge in [-0.25, -0.2) is 0 Å². The van der Waals surface area contributed by atoms with E-state index < -0.39 is 0 Å². The van der Waals surface area contributed by atoms with Crippen LogP contribution in [0.3, 0.4) is 0 Å². The van der Waals surface area contributed by atoms with E-state index >= 15 is 0 Å². The second-order valence-corrected chi connectivity index (χ2v) is 7.86. The Hall–Kier alpha value is -0.880. The van der Waals surface area contributed by atoms with E-state index in [0.717, 1.165) is 34.5 Å². The summed E-state index contributed by atoms with van der Waals surface area (Å²) in [5.74, 6) is 0.262. The van der Waals surface area contributed by atoms with Gasteiger partial charge in [-0.15, -0.1) is 11.3 Å². The van der Waals surface area contributed by atoms with Crippen molar-refractivity contribution in [2.75, 3.05) is 13.1 Å². The molecule has 2 aliphatic heterocycles. The first-order valence-electron chi connectivity index (χ1n) is 6.97. The van der Waals surface area contributed by atoms with Crippen LogP contribution in [0, 0.1) is 0 Å². The van der Waals surface area contributed by atoms with Gasteiger partial charge < -0.3 is 9.80 Å². The molecule has 2 amide bonds. The zero-order valence-corrected chi connectivity index (χ0v) is 13.6. The minimum absolute atomic E-state index is 0.125. The topological polar surface area (TPSA) is 40.6 Å². The van der Waals surface area contributed by atoms with Crippen molar-refractivity contribution in [3.63, 3.8) is 0 Å². The molecule has 0 radical (unpaired) electrons. The molecule has 2 saturated heterocycles. The Morgan fingerprint density at radius 1 is 1.25 bits per heavy atom. The summed E-state index contributed by atoms with van der Waals surface area (Å²) < 4.78 is 1.07. The highest BCUT2D eigenvalue weighted by atomic mass is 79.9. The van der Waals surface area contributed by atoms with Crippen LogP contribution in [0.25, 0.3) is 0 Å². The monoisotopic (exact) mass is 356 g/mol. The maximum atomic E-state index is 12.7. The SMILES string of the molecule is O=C1C2CCCCN2C(=O)CCN1Cc1ccc(Br)s1. The van der Waals surface area contributed by atoms with Gasteiger partial charge in [0.2, 0.25) is 11.8 Å². The molecule has 1 aromatic heterocycles. The predicted molar refractivity (Wildman–Crippen MR) is 81.4 cm³/mol. The summed E-state index contributed by atoms with van der Waals surface area (Å²) in [6, 6.07) is 3.82. The van der Waals surface area contributed by atoms with E-state index in [-0.39, 0.29) is 17.9 Å². The van der Waals surface area contributed by atoms with Crippen molar-refractivity contribution in [2.45, 2.75) is 38.3 Å². The van der Waals surface area contributed by atoms with Crippen LogP contribution in [0.2, 0.25) is 0 Å². The molecule has 0 spiro atoms. The normalized spacial score (nSPS) is 23.8. The Morgan fingerprint density at radius 2 is 2.10 bits per heavy atom. The van der Waals surface area contributed by atoms with Gasteiger partial charge in [0.1, 0.15) is 6.04 Å². The Morgan fingerprint density at radius 3 is 2.85 bits per heavy atom. The van der Waals surface area contributed by atoms with Crippen molar-refractivity contribution in [3.8, 4) is 0 Å². The van der Waals surface area contributed by atoms with Crippen molar-refractivity contribution in [2.24, 2.45) is 0 Å². The largest absolute Gasteiger partial charge is 0.335 e. The Balaban J connectivity index is 1.78. The van der Waals surface area contributed by atoms with Gasteiger partial charge in [-0.2, -0.15) is 0 Å². The molecular weight excluding hydrogens is 340 g/mol. The van der Waals surface area contributed by atoms with E-state index in [1.54, 1.807) is 16.2 Å². The summed E-state index contributed by atoms with van der Waals surface area (Å²) in [5, 5.41) is 0. The third-order valence-electron chi connectivity index (χ3n) is 3.99. The average Bonchev–Trinajstić information content (AvgIpc) is 2.82. The van der Waals surface area contributed by atoms with Gasteiger partial charge in [0.25, 0.3) is 0 Å². The number of carbonyl (C=O) groups is 2. The molecule has 1 aromatic rings. The average molecular weight is 357 g/mol. The summed E-state index contributed by atoms with van der Waals surface area (Å²) in [7, 11) is 0. The fourth-order valence-corrected chi connectivity index (χ4v) is 4.46. The Kier molecular flexibility index (Phi) is 4.12. The maximum Gasteiger partial charge on any atom is 0.245 e. The summed E-state index contributed by atoms with van der Waals surface area (Å²) in [6.07, 6.45) is 3.33. The van der Waals surface area contributed by atoms with Crippen molar-refractivity contribution >= 4 is 39.1 Å². The number of amides is 2. The Bertz CT molecular complexity index is 531. The highest BCUT2D eigenvalue weighted by Crippen LogP contribution is 2.27. The van der Waals surface area contributed by atoms with Gasteiger partial charge in [-0.3, -0.25) is 9.59 Å². The molecule has 0 aromatic carbocycles. The number of piperidine rings is 1. The maximum absolute atomic E-state index is 12.7. The lowest BCUT2D eigenvalue weighted by atomic mass is 10.0. The molecule has 2 fully saturated rings. The second kappa shape index (κ2) is 5.85. The van der Waals surface area contributed by atoms with Crippen molar-refractivity contribution in [1.82, 2.24) is 9.80 Å². The molecule has 6 heteroatoms. The van der Waals surface area contributed by atoms with Crippen molar-refractivity contribution < 1.29 is 9.59 Å². The minimum atomic E-state index is -0.220. The van der Waals surface area contributed by atoms with E-state index in [2.05, 4.69) is 15.9 Å². The molecule has 4 nitrogen and oxygen atoms in total. The summed E-state index contributed by atoms with van der Waals surface area (Å²) in [4.78, 5) is 29.6. The number of nitrogens with zero attached hydrogens (tertiary/aromatic N) is 2.